The van der Waals surface area contributed by atoms with Crippen LogP contribution in [0.15, 0.2) is 24.3 Å². The Morgan fingerprint density at radius 3 is 1.32 bits per heavy atom. The second-order valence-electron chi connectivity index (χ2n) is 12.4. The monoisotopic (exact) mass is 563 g/mol. The maximum atomic E-state index is 10.2. The Balaban J connectivity index is 3.20. The highest BCUT2D eigenvalue weighted by atomic mass is 16.5. The fourth-order valence-electron chi connectivity index (χ4n) is 5.42. The summed E-state index contributed by atoms with van der Waals surface area (Å²) in [5.74, 6) is 0. The lowest BCUT2D eigenvalue weighted by Gasteiger charge is -2.11. The van der Waals surface area contributed by atoms with Crippen LogP contribution in [0.5, 0.6) is 0 Å². The zero-order valence-corrected chi connectivity index (χ0v) is 27.7. The molecular formula is C38H74O2. The number of unbranched alkanes of at least 4 members (excludes halogenated alkanes) is 24. The van der Waals surface area contributed by atoms with Crippen molar-refractivity contribution in [3.8, 4) is 0 Å². The van der Waals surface area contributed by atoms with E-state index in [1.165, 1.54) is 161 Å². The first-order valence-corrected chi connectivity index (χ1v) is 18.4. The molecule has 0 saturated heterocycles. The molecule has 2 nitrogen and oxygen atoms in total. The minimum atomic E-state index is -0.271. The van der Waals surface area contributed by atoms with Gasteiger partial charge in [0.05, 0.1) is 12.7 Å². The highest BCUT2D eigenvalue weighted by Crippen LogP contribution is 2.14. The van der Waals surface area contributed by atoms with E-state index in [0.717, 1.165) is 32.3 Å². The minimum absolute atomic E-state index is 0.271. The van der Waals surface area contributed by atoms with Crippen molar-refractivity contribution >= 4 is 0 Å². The molecule has 1 N–H and O–H groups in total. The summed E-state index contributed by atoms with van der Waals surface area (Å²) in [6, 6.07) is 0. The number of aliphatic hydroxyl groups excluding tert-OH is 1. The van der Waals surface area contributed by atoms with Gasteiger partial charge in [0.2, 0.25) is 0 Å². The Hall–Kier alpha value is -0.600. The lowest BCUT2D eigenvalue weighted by atomic mass is 10.0. The molecule has 2 heteroatoms. The van der Waals surface area contributed by atoms with Gasteiger partial charge in [-0.3, -0.25) is 0 Å². The van der Waals surface area contributed by atoms with Gasteiger partial charge in [0, 0.05) is 6.61 Å². The summed E-state index contributed by atoms with van der Waals surface area (Å²) < 4.78 is 5.73. The van der Waals surface area contributed by atoms with Crippen LogP contribution in [-0.4, -0.2) is 24.4 Å². The van der Waals surface area contributed by atoms with Gasteiger partial charge in [-0.1, -0.05) is 179 Å². The van der Waals surface area contributed by atoms with Crippen LogP contribution < -0.4 is 0 Å². The molecule has 0 aromatic heterocycles. The zero-order chi connectivity index (χ0) is 29.0. The van der Waals surface area contributed by atoms with Gasteiger partial charge < -0.3 is 9.84 Å². The lowest BCUT2D eigenvalue weighted by molar-refractivity contribution is 0.0297. The maximum Gasteiger partial charge on any atom is 0.0773 e. The summed E-state index contributed by atoms with van der Waals surface area (Å²) in [5, 5.41) is 10.2. The molecule has 40 heavy (non-hydrogen) atoms. The molecule has 238 valence electrons. The molecule has 0 aromatic rings. The predicted octanol–water partition coefficient (Wildman–Crippen LogP) is 12.8. The van der Waals surface area contributed by atoms with E-state index >= 15 is 0 Å². The number of aliphatic hydroxyl groups is 1. The number of rotatable bonds is 34. The number of allylic oxidation sites excluding steroid dienone is 4. The SMILES string of the molecule is CCCCCC=CCC=CCCCCCCCCC(O)COCCCCCCCCCCCCCCCCCC. The van der Waals surface area contributed by atoms with E-state index in [1.807, 2.05) is 0 Å². The van der Waals surface area contributed by atoms with Gasteiger partial charge in [-0.25, -0.2) is 0 Å². The van der Waals surface area contributed by atoms with Crippen molar-refractivity contribution in [2.24, 2.45) is 0 Å². The van der Waals surface area contributed by atoms with Crippen LogP contribution >= 0.6 is 0 Å². The minimum Gasteiger partial charge on any atom is -0.391 e. The fourth-order valence-corrected chi connectivity index (χ4v) is 5.42. The standard InChI is InChI=1S/C38H74O2/c1-3-5-7-9-11-13-15-17-19-21-23-25-27-29-31-33-35-38(39)37-40-36-34-32-30-28-26-24-22-20-18-16-14-12-10-8-6-4-2/h11,13,17,19,38-39H,3-10,12,14-16,18,20-37H2,1-2H3. The molecule has 0 saturated carbocycles. The summed E-state index contributed by atoms with van der Waals surface area (Å²) in [5.41, 5.74) is 0. The molecule has 0 heterocycles. The lowest BCUT2D eigenvalue weighted by Crippen LogP contribution is -2.15. The van der Waals surface area contributed by atoms with Crippen molar-refractivity contribution in [1.82, 2.24) is 0 Å². The molecule has 0 spiro atoms. The Labute approximate surface area is 253 Å². The average molecular weight is 563 g/mol. The highest BCUT2D eigenvalue weighted by Gasteiger charge is 2.04. The molecule has 1 atom stereocenters. The van der Waals surface area contributed by atoms with Crippen molar-refractivity contribution in [2.75, 3.05) is 13.2 Å². The molecule has 0 aliphatic rings. The van der Waals surface area contributed by atoms with Gasteiger partial charge in [-0.2, -0.15) is 0 Å². The predicted molar refractivity (Wildman–Crippen MR) is 180 cm³/mol. The van der Waals surface area contributed by atoms with Gasteiger partial charge in [-0.05, 0) is 44.9 Å². The molecule has 1 unspecified atom stereocenters. The van der Waals surface area contributed by atoms with E-state index in [2.05, 4.69) is 38.2 Å². The molecule has 0 aliphatic carbocycles. The van der Waals surface area contributed by atoms with E-state index in [4.69, 9.17) is 4.74 Å². The summed E-state index contributed by atoms with van der Waals surface area (Å²) in [6.45, 7) is 5.90. The Bertz CT molecular complexity index is 498. The van der Waals surface area contributed by atoms with Crippen LogP contribution in [0.2, 0.25) is 0 Å². The third kappa shape index (κ3) is 35.4. The Morgan fingerprint density at radius 2 is 0.825 bits per heavy atom. The molecule has 0 aliphatic heterocycles. The normalized spacial score (nSPS) is 12.8. The smallest absolute Gasteiger partial charge is 0.0773 e. The summed E-state index contributed by atoms with van der Waals surface area (Å²) in [7, 11) is 0. The quantitative estimate of drug-likeness (QED) is 0.0624. The molecule has 0 aromatic carbocycles. The zero-order valence-electron chi connectivity index (χ0n) is 27.7. The second kappa shape index (κ2) is 36.4. The van der Waals surface area contributed by atoms with E-state index in [1.54, 1.807) is 0 Å². The molecule has 0 amide bonds. The van der Waals surface area contributed by atoms with Crippen LogP contribution in [-0.2, 0) is 4.74 Å². The van der Waals surface area contributed by atoms with Gasteiger partial charge in [0.1, 0.15) is 0 Å². The van der Waals surface area contributed by atoms with Crippen molar-refractivity contribution < 1.29 is 9.84 Å². The van der Waals surface area contributed by atoms with Crippen molar-refractivity contribution in [3.05, 3.63) is 24.3 Å². The Kier molecular flexibility index (Phi) is 35.9. The fraction of sp³-hybridized carbons (Fsp3) is 0.895. The number of hydrogen-bond acceptors (Lipinski definition) is 2. The van der Waals surface area contributed by atoms with E-state index < -0.39 is 0 Å². The van der Waals surface area contributed by atoms with Crippen molar-refractivity contribution in [3.63, 3.8) is 0 Å². The van der Waals surface area contributed by atoms with E-state index in [-0.39, 0.29) is 6.10 Å². The van der Waals surface area contributed by atoms with Crippen LogP contribution in [0.4, 0.5) is 0 Å². The average Bonchev–Trinajstić information content (AvgIpc) is 2.96. The van der Waals surface area contributed by atoms with Crippen molar-refractivity contribution in [2.45, 2.75) is 206 Å². The van der Waals surface area contributed by atoms with E-state index in [0.29, 0.717) is 6.61 Å². The van der Waals surface area contributed by atoms with Crippen molar-refractivity contribution in [1.29, 1.82) is 0 Å². The number of ether oxygens (including phenoxy) is 1. The van der Waals surface area contributed by atoms with Gasteiger partial charge in [-0.15, -0.1) is 0 Å². The largest absolute Gasteiger partial charge is 0.391 e. The summed E-state index contributed by atoms with van der Waals surface area (Å²) in [6.07, 6.45) is 47.5. The van der Waals surface area contributed by atoms with Gasteiger partial charge in [0.25, 0.3) is 0 Å². The van der Waals surface area contributed by atoms with Crippen LogP contribution in [0.1, 0.15) is 200 Å². The molecule has 0 radical (unpaired) electrons. The topological polar surface area (TPSA) is 29.5 Å². The first-order chi connectivity index (χ1) is 19.8. The molecule has 0 rings (SSSR count). The molecule has 0 bridgehead atoms. The Morgan fingerprint density at radius 1 is 0.450 bits per heavy atom. The van der Waals surface area contributed by atoms with Gasteiger partial charge in [0.15, 0.2) is 0 Å². The molecule has 0 fully saturated rings. The third-order valence-electron chi connectivity index (χ3n) is 8.19. The third-order valence-corrected chi connectivity index (χ3v) is 8.19. The van der Waals surface area contributed by atoms with E-state index in [9.17, 15) is 5.11 Å². The summed E-state index contributed by atoms with van der Waals surface area (Å²) >= 11 is 0. The second-order valence-corrected chi connectivity index (χ2v) is 12.4. The summed E-state index contributed by atoms with van der Waals surface area (Å²) in [4.78, 5) is 0. The highest BCUT2D eigenvalue weighted by molar-refractivity contribution is 4.92. The van der Waals surface area contributed by atoms with Gasteiger partial charge >= 0.3 is 0 Å². The van der Waals surface area contributed by atoms with Crippen LogP contribution in [0.3, 0.4) is 0 Å². The molecular weight excluding hydrogens is 488 g/mol. The van der Waals surface area contributed by atoms with Crippen LogP contribution in [0, 0.1) is 0 Å². The first-order valence-electron chi connectivity index (χ1n) is 18.4. The first kappa shape index (κ1) is 39.4. The number of hydrogen-bond donors (Lipinski definition) is 1. The maximum absolute atomic E-state index is 10.2. The van der Waals surface area contributed by atoms with Crippen LogP contribution in [0.25, 0.3) is 0 Å².